The van der Waals surface area contributed by atoms with Crippen molar-refractivity contribution in [3.8, 4) is 5.75 Å². The molecule has 18 heavy (non-hydrogen) atoms. The number of aromatic nitrogens is 2. The lowest BCUT2D eigenvalue weighted by molar-refractivity contribution is 0.409. The van der Waals surface area contributed by atoms with Crippen molar-refractivity contribution in [3.63, 3.8) is 0 Å². The molecule has 0 unspecified atom stereocenters. The molecule has 0 radical (unpaired) electrons. The van der Waals surface area contributed by atoms with Gasteiger partial charge in [0.25, 0.3) is 0 Å². The van der Waals surface area contributed by atoms with Gasteiger partial charge in [0.2, 0.25) is 0 Å². The van der Waals surface area contributed by atoms with Crippen LogP contribution in [0.25, 0.3) is 0 Å². The molecule has 5 heteroatoms. The largest absolute Gasteiger partial charge is 0.496 e. The maximum atomic E-state index is 5.98. The molecule has 0 fully saturated rings. The van der Waals surface area contributed by atoms with Gasteiger partial charge in [-0.2, -0.15) is 5.10 Å². The van der Waals surface area contributed by atoms with Crippen LogP contribution in [0, 0.1) is 0 Å². The van der Waals surface area contributed by atoms with Gasteiger partial charge in [0, 0.05) is 5.02 Å². The van der Waals surface area contributed by atoms with Crippen molar-refractivity contribution in [2.45, 2.75) is 12.8 Å². The van der Waals surface area contributed by atoms with E-state index in [2.05, 4.69) is 10.2 Å². The molecular weight excluding hydrogens is 250 g/mol. The van der Waals surface area contributed by atoms with Gasteiger partial charge in [0.05, 0.1) is 12.8 Å². The first-order valence-corrected chi connectivity index (χ1v) is 5.97. The lowest BCUT2D eigenvalue weighted by atomic mass is 10.1. The van der Waals surface area contributed by atoms with Crippen LogP contribution in [-0.4, -0.2) is 17.3 Å². The quantitative estimate of drug-likeness (QED) is 0.921. The number of nitrogens with zero attached hydrogens (tertiary/aromatic N) is 2. The number of halogens is 1. The Morgan fingerprint density at radius 1 is 1.17 bits per heavy atom. The van der Waals surface area contributed by atoms with Crippen LogP contribution in [0.5, 0.6) is 5.75 Å². The van der Waals surface area contributed by atoms with E-state index >= 15 is 0 Å². The Kier molecular flexibility index (Phi) is 3.99. The molecule has 0 bridgehead atoms. The number of nitrogen functional groups attached to an aromatic ring is 1. The fraction of sp³-hybridized carbons (Fsp3) is 0.231. The number of benzene rings is 1. The topological polar surface area (TPSA) is 61.0 Å². The van der Waals surface area contributed by atoms with Crippen LogP contribution in [0.2, 0.25) is 5.02 Å². The Balaban J connectivity index is 2.09. The minimum absolute atomic E-state index is 0.430. The molecule has 0 aliphatic rings. The molecule has 4 nitrogen and oxygen atoms in total. The van der Waals surface area contributed by atoms with Crippen LogP contribution in [0.15, 0.2) is 30.3 Å². The molecule has 2 aromatic rings. The number of aryl methyl sites for hydroxylation is 2. The Hall–Kier alpha value is -1.81. The van der Waals surface area contributed by atoms with Crippen LogP contribution in [-0.2, 0) is 12.8 Å². The van der Waals surface area contributed by atoms with Crippen molar-refractivity contribution >= 4 is 17.4 Å². The first-order chi connectivity index (χ1) is 8.69. The van der Waals surface area contributed by atoms with Crippen molar-refractivity contribution in [2.24, 2.45) is 0 Å². The third kappa shape index (κ3) is 3.11. The highest BCUT2D eigenvalue weighted by Gasteiger charge is 2.05. The first kappa shape index (κ1) is 12.6. The van der Waals surface area contributed by atoms with E-state index < -0.39 is 0 Å². The van der Waals surface area contributed by atoms with E-state index in [0.29, 0.717) is 10.8 Å². The highest BCUT2D eigenvalue weighted by atomic mass is 35.5. The van der Waals surface area contributed by atoms with Gasteiger partial charge in [-0.15, -0.1) is 5.10 Å². The molecule has 2 rings (SSSR count). The third-order valence-electron chi connectivity index (χ3n) is 2.63. The standard InChI is InChI=1S/C13H14ClN3O/c1-18-12-6-3-10(14)8-9(12)2-4-11-5-7-13(15)17-16-11/h3,5-8H,2,4H2,1H3,(H2,15,17). The fourth-order valence-electron chi connectivity index (χ4n) is 1.71. The fourth-order valence-corrected chi connectivity index (χ4v) is 1.90. The van der Waals surface area contributed by atoms with E-state index in [1.807, 2.05) is 24.3 Å². The second-order valence-electron chi connectivity index (χ2n) is 3.91. The summed E-state index contributed by atoms with van der Waals surface area (Å²) >= 11 is 5.98. The zero-order valence-electron chi connectivity index (χ0n) is 10.1. The second kappa shape index (κ2) is 5.69. The number of hydrogen-bond acceptors (Lipinski definition) is 4. The number of anilines is 1. The van der Waals surface area contributed by atoms with Crippen LogP contribution in [0.1, 0.15) is 11.3 Å². The second-order valence-corrected chi connectivity index (χ2v) is 4.34. The summed E-state index contributed by atoms with van der Waals surface area (Å²) in [5.41, 5.74) is 7.44. The minimum atomic E-state index is 0.430. The third-order valence-corrected chi connectivity index (χ3v) is 2.87. The predicted molar refractivity (Wildman–Crippen MR) is 71.9 cm³/mol. The van der Waals surface area contributed by atoms with Crippen LogP contribution >= 0.6 is 11.6 Å². The Morgan fingerprint density at radius 3 is 2.67 bits per heavy atom. The first-order valence-electron chi connectivity index (χ1n) is 5.59. The molecule has 0 saturated carbocycles. The summed E-state index contributed by atoms with van der Waals surface area (Å²) in [6.45, 7) is 0. The average Bonchev–Trinajstić information content (AvgIpc) is 2.38. The molecule has 0 atom stereocenters. The van der Waals surface area contributed by atoms with E-state index in [1.54, 1.807) is 13.2 Å². The number of ether oxygens (including phenoxy) is 1. The monoisotopic (exact) mass is 263 g/mol. The summed E-state index contributed by atoms with van der Waals surface area (Å²) < 4.78 is 5.29. The zero-order valence-corrected chi connectivity index (χ0v) is 10.8. The van der Waals surface area contributed by atoms with Gasteiger partial charge in [-0.3, -0.25) is 0 Å². The van der Waals surface area contributed by atoms with Crippen LogP contribution in [0.4, 0.5) is 5.82 Å². The van der Waals surface area contributed by atoms with Crippen molar-refractivity contribution in [2.75, 3.05) is 12.8 Å². The Labute approximate surface area is 111 Å². The maximum absolute atomic E-state index is 5.98. The van der Waals surface area contributed by atoms with Gasteiger partial charge in [-0.1, -0.05) is 11.6 Å². The molecule has 94 valence electrons. The van der Waals surface area contributed by atoms with Crippen molar-refractivity contribution in [3.05, 3.63) is 46.6 Å². The average molecular weight is 264 g/mol. The van der Waals surface area contributed by atoms with Crippen molar-refractivity contribution in [1.29, 1.82) is 0 Å². The molecule has 0 aliphatic carbocycles. The van der Waals surface area contributed by atoms with Gasteiger partial charge in [-0.05, 0) is 48.7 Å². The predicted octanol–water partition coefficient (Wildman–Crippen LogP) is 2.51. The minimum Gasteiger partial charge on any atom is -0.496 e. The lowest BCUT2D eigenvalue weighted by Gasteiger charge is -2.08. The summed E-state index contributed by atoms with van der Waals surface area (Å²) in [5.74, 6) is 1.27. The van der Waals surface area contributed by atoms with E-state index in [1.165, 1.54) is 0 Å². The maximum Gasteiger partial charge on any atom is 0.146 e. The molecule has 0 aliphatic heterocycles. The summed E-state index contributed by atoms with van der Waals surface area (Å²) in [6.07, 6.45) is 1.56. The molecule has 0 spiro atoms. The SMILES string of the molecule is COc1ccc(Cl)cc1CCc1ccc(N)nn1. The van der Waals surface area contributed by atoms with E-state index in [9.17, 15) is 0 Å². The number of methoxy groups -OCH3 is 1. The van der Waals surface area contributed by atoms with Gasteiger partial charge in [0.15, 0.2) is 0 Å². The summed E-state index contributed by atoms with van der Waals surface area (Å²) in [6, 6.07) is 9.21. The van der Waals surface area contributed by atoms with Gasteiger partial charge < -0.3 is 10.5 Å². The normalized spacial score (nSPS) is 10.3. The zero-order chi connectivity index (χ0) is 13.0. The Bertz CT molecular complexity index is 528. The van der Waals surface area contributed by atoms with Gasteiger partial charge in [-0.25, -0.2) is 0 Å². The Morgan fingerprint density at radius 2 is 2.00 bits per heavy atom. The van der Waals surface area contributed by atoms with E-state index in [4.69, 9.17) is 22.1 Å². The molecule has 1 aromatic carbocycles. The van der Waals surface area contributed by atoms with Gasteiger partial charge in [0.1, 0.15) is 11.6 Å². The molecule has 2 N–H and O–H groups in total. The molecule has 1 aromatic heterocycles. The molecule has 1 heterocycles. The van der Waals surface area contributed by atoms with E-state index in [-0.39, 0.29) is 0 Å². The number of nitrogens with two attached hydrogens (primary N) is 1. The van der Waals surface area contributed by atoms with E-state index in [0.717, 1.165) is 29.8 Å². The molecule has 0 amide bonds. The van der Waals surface area contributed by atoms with Crippen molar-refractivity contribution in [1.82, 2.24) is 10.2 Å². The van der Waals surface area contributed by atoms with Crippen LogP contribution in [0.3, 0.4) is 0 Å². The molecular formula is C13H14ClN3O. The summed E-state index contributed by atoms with van der Waals surface area (Å²) in [7, 11) is 1.65. The highest BCUT2D eigenvalue weighted by Crippen LogP contribution is 2.23. The number of hydrogen-bond donors (Lipinski definition) is 1. The summed E-state index contributed by atoms with van der Waals surface area (Å²) in [5, 5.41) is 8.55. The van der Waals surface area contributed by atoms with Crippen LogP contribution < -0.4 is 10.5 Å². The number of rotatable bonds is 4. The smallest absolute Gasteiger partial charge is 0.146 e. The molecule has 0 saturated heterocycles. The highest BCUT2D eigenvalue weighted by molar-refractivity contribution is 6.30. The van der Waals surface area contributed by atoms with Gasteiger partial charge >= 0.3 is 0 Å². The summed E-state index contributed by atoms with van der Waals surface area (Å²) in [4.78, 5) is 0. The lowest BCUT2D eigenvalue weighted by Crippen LogP contribution is -2.00. The van der Waals surface area contributed by atoms with Crippen molar-refractivity contribution < 1.29 is 4.74 Å².